The third-order valence-electron chi connectivity index (χ3n) is 4.40. The molecule has 1 aromatic heterocycles. The second-order valence-electron chi connectivity index (χ2n) is 6.40. The minimum absolute atomic E-state index is 0.207. The summed E-state index contributed by atoms with van der Waals surface area (Å²) in [5.41, 5.74) is 1.60. The lowest BCUT2D eigenvalue weighted by Gasteiger charge is -2.30. The highest BCUT2D eigenvalue weighted by Gasteiger charge is 2.39. The largest absolute Gasteiger partial charge is 0.496 e. The van der Waals surface area contributed by atoms with Gasteiger partial charge in [0.25, 0.3) is 0 Å². The number of ether oxygens (including phenoxy) is 3. The third-order valence-corrected chi connectivity index (χ3v) is 4.69. The molecule has 1 aliphatic rings. The van der Waals surface area contributed by atoms with Gasteiger partial charge in [-0.05, 0) is 19.9 Å². The third kappa shape index (κ3) is 3.49. The maximum atomic E-state index is 12.8. The number of rotatable bonds is 5. The van der Waals surface area contributed by atoms with Crippen LogP contribution in [-0.2, 0) is 9.53 Å². The van der Waals surface area contributed by atoms with Gasteiger partial charge in [0.15, 0.2) is 0 Å². The minimum Gasteiger partial charge on any atom is -0.496 e. The van der Waals surface area contributed by atoms with Crippen LogP contribution < -0.4 is 14.4 Å². The Balaban J connectivity index is 2.29. The molecule has 1 aliphatic heterocycles. The summed E-state index contributed by atoms with van der Waals surface area (Å²) in [6.07, 6.45) is 0. The number of aromatic nitrogens is 2. The first-order valence-electron chi connectivity index (χ1n) is 8.82. The molecular formula is C20H22ClN3O4. The van der Waals surface area contributed by atoms with E-state index in [1.54, 1.807) is 25.9 Å². The average Bonchev–Trinajstić information content (AvgIpc) is 2.66. The van der Waals surface area contributed by atoms with Gasteiger partial charge in [-0.15, -0.1) is 0 Å². The molecule has 0 spiro atoms. The van der Waals surface area contributed by atoms with E-state index in [9.17, 15) is 4.79 Å². The highest BCUT2D eigenvalue weighted by Crippen LogP contribution is 2.48. The number of halogens is 1. The van der Waals surface area contributed by atoms with Crippen molar-refractivity contribution in [3.8, 4) is 11.6 Å². The Kier molecular flexibility index (Phi) is 5.74. The van der Waals surface area contributed by atoms with Gasteiger partial charge in [0.2, 0.25) is 11.8 Å². The normalized spacial score (nSPS) is 15.6. The van der Waals surface area contributed by atoms with Gasteiger partial charge >= 0.3 is 5.97 Å². The second-order valence-corrected chi connectivity index (χ2v) is 6.75. The van der Waals surface area contributed by atoms with Crippen molar-refractivity contribution >= 4 is 23.5 Å². The van der Waals surface area contributed by atoms with Crippen LogP contribution in [0.25, 0.3) is 0 Å². The van der Waals surface area contributed by atoms with Gasteiger partial charge in [0.05, 0.1) is 30.8 Å². The molecule has 1 atom stereocenters. The fourth-order valence-electron chi connectivity index (χ4n) is 3.17. The summed E-state index contributed by atoms with van der Waals surface area (Å²) in [7, 11) is 5.20. The number of hydrogen-bond acceptors (Lipinski definition) is 7. The number of allylic oxidation sites excluding steroid dienone is 1. The molecule has 2 aromatic rings. The molecule has 1 aromatic carbocycles. The van der Waals surface area contributed by atoms with Crippen molar-refractivity contribution in [3.05, 3.63) is 51.9 Å². The van der Waals surface area contributed by atoms with E-state index >= 15 is 0 Å². The number of methoxy groups -OCH3 is 1. The first-order chi connectivity index (χ1) is 13.4. The van der Waals surface area contributed by atoms with Crippen LogP contribution in [0.4, 0.5) is 5.95 Å². The van der Waals surface area contributed by atoms with E-state index in [2.05, 4.69) is 9.97 Å². The van der Waals surface area contributed by atoms with Gasteiger partial charge in [-0.1, -0.05) is 29.8 Å². The zero-order chi connectivity index (χ0) is 20.4. The highest BCUT2D eigenvalue weighted by atomic mass is 35.5. The van der Waals surface area contributed by atoms with Gasteiger partial charge in [-0.3, -0.25) is 0 Å². The summed E-state index contributed by atoms with van der Waals surface area (Å²) in [6.45, 7) is 3.71. The van der Waals surface area contributed by atoms with Crippen LogP contribution in [0.2, 0.25) is 5.15 Å². The summed E-state index contributed by atoms with van der Waals surface area (Å²) >= 11 is 6.55. The molecule has 0 aliphatic carbocycles. The molecule has 3 rings (SSSR count). The standard InChI is InChI=1S/C20H22ClN3O4/c1-6-27-19(25)14-11(2)28-18-16(17(21)22-20(23-18)24(3)4)15(14)12-9-7-8-10-13(12)26-5/h7-10,15H,6H2,1-5H3. The van der Waals surface area contributed by atoms with Crippen LogP contribution in [0.5, 0.6) is 11.6 Å². The molecule has 7 nitrogen and oxygen atoms in total. The number of fused-ring (bicyclic) bond motifs is 1. The maximum absolute atomic E-state index is 12.8. The van der Waals surface area contributed by atoms with Crippen LogP contribution in [-0.4, -0.2) is 43.7 Å². The minimum atomic E-state index is -0.581. The summed E-state index contributed by atoms with van der Waals surface area (Å²) in [6, 6.07) is 7.43. The Morgan fingerprint density at radius 1 is 1.29 bits per heavy atom. The molecule has 0 bridgehead atoms. The molecule has 8 heteroatoms. The van der Waals surface area contributed by atoms with Gasteiger partial charge in [-0.25, -0.2) is 9.78 Å². The fourth-order valence-corrected chi connectivity index (χ4v) is 3.43. The maximum Gasteiger partial charge on any atom is 0.338 e. The highest BCUT2D eigenvalue weighted by molar-refractivity contribution is 6.30. The predicted molar refractivity (Wildman–Crippen MR) is 106 cm³/mol. The van der Waals surface area contributed by atoms with Crippen molar-refractivity contribution < 1.29 is 19.0 Å². The van der Waals surface area contributed by atoms with Crippen LogP contribution in [0, 0.1) is 0 Å². The first-order valence-corrected chi connectivity index (χ1v) is 9.20. The lowest BCUT2D eigenvalue weighted by molar-refractivity contribution is -0.139. The van der Waals surface area contributed by atoms with E-state index in [1.165, 1.54) is 0 Å². The van der Waals surface area contributed by atoms with E-state index in [-0.39, 0.29) is 11.8 Å². The van der Waals surface area contributed by atoms with Crippen LogP contribution >= 0.6 is 11.6 Å². The monoisotopic (exact) mass is 403 g/mol. The van der Waals surface area contributed by atoms with E-state index in [0.717, 1.165) is 5.56 Å². The number of carbonyl (C=O) groups excluding carboxylic acids is 1. The number of anilines is 1. The van der Waals surface area contributed by atoms with Crippen molar-refractivity contribution in [3.63, 3.8) is 0 Å². The topological polar surface area (TPSA) is 73.8 Å². The van der Waals surface area contributed by atoms with E-state index in [4.69, 9.17) is 25.8 Å². The summed E-state index contributed by atoms with van der Waals surface area (Å²) < 4.78 is 16.7. The lowest BCUT2D eigenvalue weighted by Crippen LogP contribution is -2.25. The van der Waals surface area contributed by atoms with Crippen molar-refractivity contribution in [2.45, 2.75) is 19.8 Å². The summed E-state index contributed by atoms with van der Waals surface area (Å²) in [5.74, 6) is 0.682. The van der Waals surface area contributed by atoms with Gasteiger partial charge in [0, 0.05) is 19.7 Å². The zero-order valence-corrected chi connectivity index (χ0v) is 17.2. The molecule has 1 unspecified atom stereocenters. The quantitative estimate of drug-likeness (QED) is 0.558. The lowest BCUT2D eigenvalue weighted by atomic mass is 9.83. The van der Waals surface area contributed by atoms with E-state index in [0.29, 0.717) is 34.5 Å². The predicted octanol–water partition coefficient (Wildman–Crippen LogP) is 3.57. The van der Waals surface area contributed by atoms with E-state index in [1.807, 2.05) is 38.4 Å². The van der Waals surface area contributed by atoms with Crippen LogP contribution in [0.1, 0.15) is 30.9 Å². The average molecular weight is 404 g/mol. The fraction of sp³-hybridized carbons (Fsp3) is 0.350. The van der Waals surface area contributed by atoms with Gasteiger partial charge in [0.1, 0.15) is 16.7 Å². The molecular weight excluding hydrogens is 382 g/mol. The van der Waals surface area contributed by atoms with Crippen molar-refractivity contribution in [2.24, 2.45) is 0 Å². The Labute approximate surface area is 168 Å². The molecule has 0 saturated heterocycles. The molecule has 0 amide bonds. The van der Waals surface area contributed by atoms with Gasteiger partial charge < -0.3 is 19.1 Å². The molecule has 2 heterocycles. The second kappa shape index (κ2) is 8.06. The summed E-state index contributed by atoms with van der Waals surface area (Å²) in [5, 5.41) is 0.207. The SMILES string of the molecule is CCOC(=O)C1=C(C)Oc2nc(N(C)C)nc(Cl)c2C1c1ccccc1OC. The molecule has 28 heavy (non-hydrogen) atoms. The molecule has 148 valence electrons. The van der Waals surface area contributed by atoms with Crippen LogP contribution in [0.15, 0.2) is 35.6 Å². The Morgan fingerprint density at radius 2 is 2.00 bits per heavy atom. The smallest absolute Gasteiger partial charge is 0.338 e. The number of benzene rings is 1. The van der Waals surface area contributed by atoms with Gasteiger partial charge in [-0.2, -0.15) is 4.98 Å². The Bertz CT molecular complexity index is 943. The number of carbonyl (C=O) groups is 1. The first kappa shape index (κ1) is 19.9. The molecule has 0 fully saturated rings. The molecule has 0 N–H and O–H groups in total. The van der Waals surface area contributed by atoms with E-state index < -0.39 is 11.9 Å². The van der Waals surface area contributed by atoms with Crippen molar-refractivity contribution in [2.75, 3.05) is 32.7 Å². The number of nitrogens with zero attached hydrogens (tertiary/aromatic N) is 3. The van der Waals surface area contributed by atoms with Crippen molar-refractivity contribution in [1.29, 1.82) is 0 Å². The Hall–Kier alpha value is -2.80. The van der Waals surface area contributed by atoms with Crippen molar-refractivity contribution in [1.82, 2.24) is 9.97 Å². The zero-order valence-electron chi connectivity index (χ0n) is 16.4. The summed E-state index contributed by atoms with van der Waals surface area (Å²) in [4.78, 5) is 23.4. The number of hydrogen-bond donors (Lipinski definition) is 0. The molecule has 0 radical (unpaired) electrons. The van der Waals surface area contributed by atoms with Crippen LogP contribution in [0.3, 0.4) is 0 Å². The Morgan fingerprint density at radius 3 is 2.64 bits per heavy atom. The number of esters is 1. The number of para-hydroxylation sites is 1. The molecule has 0 saturated carbocycles.